The summed E-state index contributed by atoms with van der Waals surface area (Å²) in [4.78, 5) is 23.3. The van der Waals surface area contributed by atoms with E-state index in [0.717, 1.165) is 12.3 Å². The second-order valence-electron chi connectivity index (χ2n) is 7.34. The summed E-state index contributed by atoms with van der Waals surface area (Å²) in [5.74, 6) is 0.955. The van der Waals surface area contributed by atoms with Crippen LogP contribution in [0, 0.1) is 23.2 Å². The minimum absolute atomic E-state index is 0.0973. The van der Waals surface area contributed by atoms with Gasteiger partial charge >= 0.3 is 5.97 Å². The molecule has 0 aromatic rings. The van der Waals surface area contributed by atoms with E-state index in [0.29, 0.717) is 18.3 Å². The van der Waals surface area contributed by atoms with Gasteiger partial charge in [-0.05, 0) is 42.4 Å². The standard InChI is InChI=1S/C15H25NO3/c1-15(2,3)13(14(18)19)16-12(17)8-11-7-9-4-5-10(11)6-9/h9-11,13H,4-8H2,1-3H3,(H,16,17)(H,18,19)/t9?,10?,11?,13-/m1/s1. The molecule has 2 aliphatic rings. The van der Waals surface area contributed by atoms with Crippen molar-refractivity contribution in [2.45, 2.75) is 58.9 Å². The van der Waals surface area contributed by atoms with Crippen molar-refractivity contribution in [2.75, 3.05) is 0 Å². The van der Waals surface area contributed by atoms with Crippen LogP contribution in [0.15, 0.2) is 0 Å². The maximum absolute atomic E-state index is 12.1. The summed E-state index contributed by atoms with van der Waals surface area (Å²) in [6, 6.07) is -0.807. The Morgan fingerprint density at radius 3 is 2.37 bits per heavy atom. The Hall–Kier alpha value is -1.06. The summed E-state index contributed by atoms with van der Waals surface area (Å²) in [6.07, 6.45) is 5.51. The molecule has 0 aliphatic heterocycles. The zero-order valence-electron chi connectivity index (χ0n) is 12.1. The minimum atomic E-state index is -0.950. The summed E-state index contributed by atoms with van der Waals surface area (Å²) in [6.45, 7) is 5.51. The number of carbonyl (C=O) groups is 2. The smallest absolute Gasteiger partial charge is 0.326 e. The molecule has 2 bridgehead atoms. The Morgan fingerprint density at radius 1 is 1.26 bits per heavy atom. The van der Waals surface area contributed by atoms with Crippen LogP contribution >= 0.6 is 0 Å². The van der Waals surface area contributed by atoms with Crippen LogP contribution in [0.2, 0.25) is 0 Å². The van der Waals surface area contributed by atoms with E-state index < -0.39 is 17.4 Å². The van der Waals surface area contributed by atoms with Gasteiger partial charge in [0.2, 0.25) is 5.91 Å². The molecule has 1 amide bonds. The molecule has 2 rings (SSSR count). The quantitative estimate of drug-likeness (QED) is 0.822. The molecule has 4 nitrogen and oxygen atoms in total. The van der Waals surface area contributed by atoms with Gasteiger partial charge in [-0.15, -0.1) is 0 Å². The Kier molecular flexibility index (Phi) is 3.88. The first-order valence-electron chi connectivity index (χ1n) is 7.29. The van der Waals surface area contributed by atoms with Crippen molar-refractivity contribution in [3.05, 3.63) is 0 Å². The lowest BCUT2D eigenvalue weighted by atomic mass is 9.84. The van der Waals surface area contributed by atoms with Crippen molar-refractivity contribution in [1.82, 2.24) is 5.32 Å². The van der Waals surface area contributed by atoms with Gasteiger partial charge < -0.3 is 10.4 Å². The normalized spacial score (nSPS) is 31.2. The Bertz CT molecular complexity index is 372. The van der Waals surface area contributed by atoms with Crippen molar-refractivity contribution in [2.24, 2.45) is 23.2 Å². The van der Waals surface area contributed by atoms with Crippen LogP contribution in [0.3, 0.4) is 0 Å². The summed E-state index contributed by atoms with van der Waals surface area (Å²) in [7, 11) is 0. The number of nitrogens with one attached hydrogen (secondary N) is 1. The third-order valence-corrected chi connectivity index (χ3v) is 4.75. The topological polar surface area (TPSA) is 66.4 Å². The van der Waals surface area contributed by atoms with E-state index in [1.807, 2.05) is 20.8 Å². The number of hydrogen-bond donors (Lipinski definition) is 2. The van der Waals surface area contributed by atoms with Crippen LogP contribution in [0.5, 0.6) is 0 Å². The highest BCUT2D eigenvalue weighted by Crippen LogP contribution is 2.49. The number of carboxylic acid groups (broad SMARTS) is 1. The van der Waals surface area contributed by atoms with Gasteiger partial charge in [0.05, 0.1) is 0 Å². The highest BCUT2D eigenvalue weighted by atomic mass is 16.4. The van der Waals surface area contributed by atoms with Gasteiger partial charge in [-0.3, -0.25) is 4.79 Å². The summed E-state index contributed by atoms with van der Waals surface area (Å²) in [5, 5.41) is 11.9. The Labute approximate surface area is 115 Å². The first-order valence-corrected chi connectivity index (χ1v) is 7.29. The molecule has 2 fully saturated rings. The second kappa shape index (κ2) is 5.14. The maximum Gasteiger partial charge on any atom is 0.326 e. The molecule has 108 valence electrons. The van der Waals surface area contributed by atoms with Crippen LogP contribution in [0.1, 0.15) is 52.9 Å². The molecular formula is C15H25NO3. The highest BCUT2D eigenvalue weighted by molar-refractivity contribution is 5.84. The van der Waals surface area contributed by atoms with E-state index in [4.69, 9.17) is 0 Å². The van der Waals surface area contributed by atoms with E-state index in [1.54, 1.807) is 0 Å². The van der Waals surface area contributed by atoms with Gasteiger partial charge in [-0.1, -0.05) is 27.2 Å². The van der Waals surface area contributed by atoms with Crippen molar-refractivity contribution in [3.63, 3.8) is 0 Å². The van der Waals surface area contributed by atoms with Gasteiger partial charge in [0.15, 0.2) is 0 Å². The first-order chi connectivity index (χ1) is 8.77. The second-order valence-corrected chi connectivity index (χ2v) is 7.34. The molecule has 0 spiro atoms. The SMILES string of the molecule is CC(C)(C)[C@H](NC(=O)CC1CC2CCC1C2)C(=O)O. The van der Waals surface area contributed by atoms with Gasteiger partial charge in [0.1, 0.15) is 6.04 Å². The average Bonchev–Trinajstić information content (AvgIpc) is 2.85. The van der Waals surface area contributed by atoms with Crippen LogP contribution in [0.25, 0.3) is 0 Å². The molecule has 2 N–H and O–H groups in total. The zero-order chi connectivity index (χ0) is 14.2. The third-order valence-electron chi connectivity index (χ3n) is 4.75. The molecule has 19 heavy (non-hydrogen) atoms. The van der Waals surface area contributed by atoms with E-state index in [-0.39, 0.29) is 5.91 Å². The number of carbonyl (C=O) groups excluding carboxylic acids is 1. The van der Waals surface area contributed by atoms with Crippen LogP contribution < -0.4 is 5.32 Å². The molecule has 0 heterocycles. The van der Waals surface area contributed by atoms with Gasteiger partial charge in [0, 0.05) is 6.42 Å². The van der Waals surface area contributed by atoms with E-state index in [2.05, 4.69) is 5.32 Å². The number of carboxylic acids is 1. The minimum Gasteiger partial charge on any atom is -0.480 e. The number of amides is 1. The van der Waals surface area contributed by atoms with Gasteiger partial charge in [-0.25, -0.2) is 4.79 Å². The monoisotopic (exact) mass is 267 g/mol. The lowest BCUT2D eigenvalue weighted by molar-refractivity contribution is -0.145. The first kappa shape index (κ1) is 14.4. The third kappa shape index (κ3) is 3.28. The van der Waals surface area contributed by atoms with Crippen LogP contribution in [0.4, 0.5) is 0 Å². The largest absolute Gasteiger partial charge is 0.480 e. The molecule has 3 unspecified atom stereocenters. The van der Waals surface area contributed by atoms with Crippen molar-refractivity contribution in [1.29, 1.82) is 0 Å². The number of aliphatic carboxylic acids is 1. The van der Waals surface area contributed by atoms with Gasteiger partial charge in [-0.2, -0.15) is 0 Å². The summed E-state index contributed by atoms with van der Waals surface area (Å²) < 4.78 is 0. The van der Waals surface area contributed by atoms with Crippen molar-refractivity contribution < 1.29 is 14.7 Å². The maximum atomic E-state index is 12.1. The average molecular weight is 267 g/mol. The highest BCUT2D eigenvalue weighted by Gasteiger charge is 2.41. The van der Waals surface area contributed by atoms with Crippen LogP contribution in [-0.2, 0) is 9.59 Å². The van der Waals surface area contributed by atoms with Gasteiger partial charge in [0.25, 0.3) is 0 Å². The summed E-state index contributed by atoms with van der Waals surface area (Å²) in [5.41, 5.74) is -0.462. The predicted octanol–water partition coefficient (Wildman–Crippen LogP) is 2.43. The zero-order valence-corrected chi connectivity index (χ0v) is 12.1. The fourth-order valence-electron chi connectivity index (χ4n) is 3.73. The molecule has 2 aliphatic carbocycles. The van der Waals surface area contributed by atoms with Crippen molar-refractivity contribution >= 4 is 11.9 Å². The molecule has 0 radical (unpaired) electrons. The molecule has 4 atom stereocenters. The van der Waals surface area contributed by atoms with E-state index in [9.17, 15) is 14.7 Å². The lowest BCUT2D eigenvalue weighted by Crippen LogP contribution is -2.49. The number of rotatable bonds is 4. The molecule has 4 heteroatoms. The molecule has 0 aromatic heterocycles. The lowest BCUT2D eigenvalue weighted by Gasteiger charge is -2.29. The van der Waals surface area contributed by atoms with E-state index >= 15 is 0 Å². The predicted molar refractivity (Wildman–Crippen MR) is 72.6 cm³/mol. The Balaban J connectivity index is 1.88. The molecule has 2 saturated carbocycles. The fraction of sp³-hybridized carbons (Fsp3) is 0.867. The van der Waals surface area contributed by atoms with Crippen LogP contribution in [-0.4, -0.2) is 23.0 Å². The van der Waals surface area contributed by atoms with Crippen molar-refractivity contribution in [3.8, 4) is 0 Å². The fourth-order valence-corrected chi connectivity index (χ4v) is 3.73. The molecular weight excluding hydrogens is 242 g/mol. The number of fused-ring (bicyclic) bond motifs is 2. The summed E-state index contributed by atoms with van der Waals surface area (Å²) >= 11 is 0. The Morgan fingerprint density at radius 2 is 1.95 bits per heavy atom. The number of hydrogen-bond acceptors (Lipinski definition) is 2. The van der Waals surface area contributed by atoms with E-state index in [1.165, 1.54) is 19.3 Å². The molecule has 0 saturated heterocycles. The molecule has 0 aromatic carbocycles.